The van der Waals surface area contributed by atoms with Crippen LogP contribution in [-0.4, -0.2) is 16.6 Å². The molecule has 0 fully saturated rings. The van der Waals surface area contributed by atoms with Gasteiger partial charge in [0.05, 0.1) is 5.57 Å². The average Bonchev–Trinajstić information content (AvgIpc) is 3.19. The monoisotopic (exact) mass is 321 g/mol. The molecule has 4 nitrogen and oxygen atoms in total. The van der Waals surface area contributed by atoms with Crippen molar-refractivity contribution < 1.29 is 4.79 Å². The SMILES string of the molecule is Cc1cc(C)c(/C=C2\C(=O)NN=C2c2csc3ccccc23)[nH]1. The first-order valence-corrected chi connectivity index (χ1v) is 8.24. The number of aromatic nitrogens is 1. The van der Waals surface area contributed by atoms with Crippen molar-refractivity contribution in [2.75, 3.05) is 0 Å². The number of hydrazone groups is 1. The molecule has 0 aliphatic carbocycles. The summed E-state index contributed by atoms with van der Waals surface area (Å²) in [6, 6.07) is 10.2. The molecule has 0 atom stereocenters. The number of nitrogens with one attached hydrogen (secondary N) is 2. The standard InChI is InChI=1S/C18H15N3OS/c1-10-7-11(2)19-15(10)8-13-17(20-21-18(13)22)14-9-23-16-6-4-3-5-12(14)16/h3-9,19H,1-2H3,(H,21,22)/b13-8-. The Morgan fingerprint density at radius 2 is 2.04 bits per heavy atom. The molecule has 114 valence electrons. The zero-order valence-corrected chi connectivity index (χ0v) is 13.6. The fraction of sp³-hybridized carbons (Fsp3) is 0.111. The predicted molar refractivity (Wildman–Crippen MR) is 94.7 cm³/mol. The van der Waals surface area contributed by atoms with Crippen LogP contribution >= 0.6 is 11.3 Å². The van der Waals surface area contributed by atoms with Gasteiger partial charge >= 0.3 is 0 Å². The summed E-state index contributed by atoms with van der Waals surface area (Å²) in [6.07, 6.45) is 1.88. The lowest BCUT2D eigenvalue weighted by atomic mass is 10.0. The second-order valence-electron chi connectivity index (χ2n) is 5.65. The summed E-state index contributed by atoms with van der Waals surface area (Å²) in [5.41, 5.74) is 8.03. The molecular weight excluding hydrogens is 306 g/mol. The van der Waals surface area contributed by atoms with Gasteiger partial charge in [0, 0.05) is 32.4 Å². The minimum Gasteiger partial charge on any atom is -0.359 e. The van der Waals surface area contributed by atoms with E-state index in [1.54, 1.807) is 11.3 Å². The Kier molecular flexibility index (Phi) is 3.16. The Balaban J connectivity index is 1.85. The van der Waals surface area contributed by atoms with Crippen molar-refractivity contribution in [3.63, 3.8) is 0 Å². The van der Waals surface area contributed by atoms with E-state index in [0.29, 0.717) is 11.3 Å². The van der Waals surface area contributed by atoms with Crippen molar-refractivity contribution in [1.82, 2.24) is 10.4 Å². The van der Waals surface area contributed by atoms with Gasteiger partial charge in [-0.05, 0) is 37.6 Å². The summed E-state index contributed by atoms with van der Waals surface area (Å²) in [5, 5.41) is 7.45. The highest BCUT2D eigenvalue weighted by Crippen LogP contribution is 2.30. The van der Waals surface area contributed by atoms with Crippen LogP contribution in [0.2, 0.25) is 0 Å². The van der Waals surface area contributed by atoms with Crippen LogP contribution in [0.4, 0.5) is 0 Å². The number of amides is 1. The molecule has 4 rings (SSSR count). The molecule has 0 saturated carbocycles. The number of aromatic amines is 1. The van der Waals surface area contributed by atoms with Gasteiger partial charge in [0.25, 0.3) is 5.91 Å². The molecule has 1 aliphatic rings. The van der Waals surface area contributed by atoms with Gasteiger partial charge < -0.3 is 4.98 Å². The molecule has 3 heterocycles. The number of thiophene rings is 1. The maximum atomic E-state index is 12.2. The summed E-state index contributed by atoms with van der Waals surface area (Å²) in [4.78, 5) is 15.5. The minimum absolute atomic E-state index is 0.165. The van der Waals surface area contributed by atoms with Crippen LogP contribution in [0.5, 0.6) is 0 Å². The van der Waals surface area contributed by atoms with Crippen LogP contribution in [0.15, 0.2) is 46.4 Å². The number of hydrogen-bond donors (Lipinski definition) is 2. The van der Waals surface area contributed by atoms with Gasteiger partial charge in [-0.1, -0.05) is 18.2 Å². The molecule has 2 aromatic heterocycles. The van der Waals surface area contributed by atoms with Gasteiger partial charge in [-0.15, -0.1) is 11.3 Å². The quantitative estimate of drug-likeness (QED) is 0.694. The molecule has 1 aromatic carbocycles. The Labute approximate surface area is 137 Å². The van der Waals surface area contributed by atoms with Crippen molar-refractivity contribution in [3.8, 4) is 0 Å². The fourth-order valence-corrected chi connectivity index (χ4v) is 3.82. The highest BCUT2D eigenvalue weighted by molar-refractivity contribution is 7.17. The van der Waals surface area contributed by atoms with Gasteiger partial charge in [0.1, 0.15) is 5.71 Å². The molecule has 3 aromatic rings. The third-order valence-electron chi connectivity index (χ3n) is 3.98. The molecule has 0 unspecified atom stereocenters. The summed E-state index contributed by atoms with van der Waals surface area (Å²) in [7, 11) is 0. The van der Waals surface area contributed by atoms with Crippen molar-refractivity contribution >= 4 is 39.1 Å². The van der Waals surface area contributed by atoms with Crippen molar-refractivity contribution in [1.29, 1.82) is 0 Å². The van der Waals surface area contributed by atoms with E-state index in [-0.39, 0.29) is 5.91 Å². The van der Waals surface area contributed by atoms with E-state index in [1.807, 2.05) is 32.1 Å². The molecule has 2 N–H and O–H groups in total. The maximum Gasteiger partial charge on any atom is 0.273 e. The number of hydrogen-bond acceptors (Lipinski definition) is 3. The van der Waals surface area contributed by atoms with E-state index in [9.17, 15) is 4.79 Å². The largest absolute Gasteiger partial charge is 0.359 e. The highest BCUT2D eigenvalue weighted by Gasteiger charge is 2.26. The summed E-state index contributed by atoms with van der Waals surface area (Å²) < 4.78 is 1.19. The number of nitrogens with zero attached hydrogens (tertiary/aromatic N) is 1. The molecule has 1 aliphatic heterocycles. The van der Waals surface area contributed by atoms with Gasteiger partial charge in [-0.25, -0.2) is 5.43 Å². The first kappa shape index (κ1) is 14.0. The van der Waals surface area contributed by atoms with Gasteiger partial charge in [0.2, 0.25) is 0 Å². The van der Waals surface area contributed by atoms with Crippen LogP contribution in [-0.2, 0) is 4.79 Å². The fourth-order valence-electron chi connectivity index (χ4n) is 2.88. The third-order valence-corrected chi connectivity index (χ3v) is 4.95. The summed E-state index contributed by atoms with van der Waals surface area (Å²) >= 11 is 1.66. The van der Waals surface area contributed by atoms with E-state index in [2.05, 4.69) is 39.1 Å². The number of fused-ring (bicyclic) bond motifs is 1. The molecule has 0 spiro atoms. The van der Waals surface area contributed by atoms with Crippen LogP contribution in [0.1, 0.15) is 22.5 Å². The lowest BCUT2D eigenvalue weighted by Gasteiger charge is -2.01. The van der Waals surface area contributed by atoms with Crippen LogP contribution < -0.4 is 5.43 Å². The van der Waals surface area contributed by atoms with Crippen LogP contribution in [0.25, 0.3) is 16.2 Å². The van der Waals surface area contributed by atoms with E-state index >= 15 is 0 Å². The number of aryl methyl sites for hydroxylation is 2. The van der Waals surface area contributed by atoms with Gasteiger partial charge in [0.15, 0.2) is 0 Å². The first-order chi connectivity index (χ1) is 11.1. The van der Waals surface area contributed by atoms with E-state index in [1.165, 1.54) is 4.70 Å². The smallest absolute Gasteiger partial charge is 0.273 e. The third kappa shape index (κ3) is 2.29. The highest BCUT2D eigenvalue weighted by atomic mass is 32.1. The normalized spacial score (nSPS) is 16.2. The van der Waals surface area contributed by atoms with Crippen molar-refractivity contribution in [3.05, 3.63) is 63.8 Å². The number of carbonyl (C=O) groups excluding carboxylic acids is 1. The molecule has 0 saturated heterocycles. The molecule has 5 heteroatoms. The molecule has 23 heavy (non-hydrogen) atoms. The molecule has 0 radical (unpaired) electrons. The second kappa shape index (κ2) is 5.21. The van der Waals surface area contributed by atoms with E-state index < -0.39 is 0 Å². The Morgan fingerprint density at radius 1 is 1.22 bits per heavy atom. The molecule has 0 bridgehead atoms. The van der Waals surface area contributed by atoms with Crippen molar-refractivity contribution in [2.45, 2.75) is 13.8 Å². The summed E-state index contributed by atoms with van der Waals surface area (Å²) in [5.74, 6) is -0.165. The maximum absolute atomic E-state index is 12.2. The number of benzene rings is 1. The Bertz CT molecular complexity index is 991. The van der Waals surface area contributed by atoms with Crippen LogP contribution in [0.3, 0.4) is 0 Å². The second-order valence-corrected chi connectivity index (χ2v) is 6.57. The van der Waals surface area contributed by atoms with Gasteiger partial charge in [-0.3, -0.25) is 4.79 Å². The van der Waals surface area contributed by atoms with Gasteiger partial charge in [-0.2, -0.15) is 5.10 Å². The van der Waals surface area contributed by atoms with E-state index in [0.717, 1.165) is 27.9 Å². The van der Waals surface area contributed by atoms with Crippen molar-refractivity contribution in [2.24, 2.45) is 5.10 Å². The molecular formula is C18H15N3OS. The average molecular weight is 321 g/mol. The number of carbonyl (C=O) groups is 1. The zero-order chi connectivity index (χ0) is 16.0. The lowest BCUT2D eigenvalue weighted by Crippen LogP contribution is -2.13. The predicted octanol–water partition coefficient (Wildman–Crippen LogP) is 3.76. The number of H-pyrrole nitrogens is 1. The number of rotatable bonds is 2. The van der Waals surface area contributed by atoms with E-state index in [4.69, 9.17) is 0 Å². The first-order valence-electron chi connectivity index (χ1n) is 7.36. The Morgan fingerprint density at radius 3 is 2.83 bits per heavy atom. The lowest BCUT2D eigenvalue weighted by molar-refractivity contribution is -0.116. The Hall–Kier alpha value is -2.66. The minimum atomic E-state index is -0.165. The van der Waals surface area contributed by atoms with Crippen LogP contribution in [0, 0.1) is 13.8 Å². The summed E-state index contributed by atoms with van der Waals surface area (Å²) in [6.45, 7) is 4.03. The molecule has 1 amide bonds. The zero-order valence-electron chi connectivity index (χ0n) is 12.8. The topological polar surface area (TPSA) is 57.2 Å².